The number of hydrogen-bond donors (Lipinski definition) is 1. The van der Waals surface area contributed by atoms with Crippen molar-refractivity contribution in [2.75, 3.05) is 26.2 Å². The Labute approximate surface area is 101 Å². The van der Waals surface area contributed by atoms with Gasteiger partial charge in [0.25, 0.3) is 0 Å². The van der Waals surface area contributed by atoms with E-state index in [0.29, 0.717) is 12.4 Å². The number of aromatic nitrogens is 1. The number of hydrogen-bond acceptors (Lipinski definition) is 4. The van der Waals surface area contributed by atoms with E-state index in [9.17, 15) is 4.79 Å². The van der Waals surface area contributed by atoms with Crippen LogP contribution >= 0.6 is 0 Å². The van der Waals surface area contributed by atoms with Crippen LogP contribution < -0.4 is 4.74 Å². The average molecular weight is 238 g/mol. The Morgan fingerprint density at radius 2 is 2.18 bits per heavy atom. The molecule has 1 aromatic heterocycles. The predicted molar refractivity (Wildman–Crippen MR) is 64.5 cm³/mol. The second-order valence-electron chi connectivity index (χ2n) is 3.56. The van der Waals surface area contributed by atoms with Crippen LogP contribution in [0.3, 0.4) is 0 Å². The van der Waals surface area contributed by atoms with Crippen LogP contribution in [-0.2, 0) is 0 Å². The van der Waals surface area contributed by atoms with E-state index in [4.69, 9.17) is 9.84 Å². The molecule has 0 bridgehead atoms. The lowest BCUT2D eigenvalue weighted by molar-refractivity contribution is 0.0690. The van der Waals surface area contributed by atoms with E-state index in [1.807, 2.05) is 0 Å². The van der Waals surface area contributed by atoms with Gasteiger partial charge in [-0.3, -0.25) is 0 Å². The summed E-state index contributed by atoms with van der Waals surface area (Å²) in [4.78, 5) is 16.7. The normalized spacial score (nSPS) is 10.5. The largest absolute Gasteiger partial charge is 0.492 e. The number of nitrogens with zero attached hydrogens (tertiary/aromatic N) is 2. The van der Waals surface area contributed by atoms with Crippen molar-refractivity contribution in [2.24, 2.45) is 0 Å². The Hall–Kier alpha value is -1.62. The zero-order valence-corrected chi connectivity index (χ0v) is 10.2. The van der Waals surface area contributed by atoms with Crippen molar-refractivity contribution in [2.45, 2.75) is 13.8 Å². The van der Waals surface area contributed by atoms with E-state index in [2.05, 4.69) is 23.7 Å². The van der Waals surface area contributed by atoms with Gasteiger partial charge in [0.15, 0.2) is 5.69 Å². The molecular formula is C12H18N2O3. The molecule has 0 unspecified atom stereocenters. The zero-order valence-electron chi connectivity index (χ0n) is 10.2. The number of rotatable bonds is 7. The summed E-state index contributed by atoms with van der Waals surface area (Å²) in [5, 5.41) is 8.77. The summed E-state index contributed by atoms with van der Waals surface area (Å²) in [5.74, 6) is -0.497. The van der Waals surface area contributed by atoms with Crippen LogP contribution in [0.4, 0.5) is 0 Å². The highest BCUT2D eigenvalue weighted by Crippen LogP contribution is 2.10. The summed E-state index contributed by atoms with van der Waals surface area (Å²) in [7, 11) is 0. The molecule has 0 saturated heterocycles. The van der Waals surface area contributed by atoms with Gasteiger partial charge in [0.1, 0.15) is 12.4 Å². The Bertz CT molecular complexity index is 365. The van der Waals surface area contributed by atoms with Crippen molar-refractivity contribution in [1.82, 2.24) is 9.88 Å². The summed E-state index contributed by atoms with van der Waals surface area (Å²) in [5.41, 5.74) is 0.00494. The van der Waals surface area contributed by atoms with Crippen molar-refractivity contribution >= 4 is 5.97 Å². The Kier molecular flexibility index (Phi) is 5.42. The first kappa shape index (κ1) is 13.4. The molecule has 1 heterocycles. The van der Waals surface area contributed by atoms with Crippen molar-refractivity contribution in [3.8, 4) is 5.75 Å². The molecule has 0 radical (unpaired) electrons. The first-order valence-corrected chi connectivity index (χ1v) is 5.71. The Balaban J connectivity index is 2.46. The van der Waals surface area contributed by atoms with E-state index >= 15 is 0 Å². The van der Waals surface area contributed by atoms with Gasteiger partial charge in [0.05, 0.1) is 0 Å². The van der Waals surface area contributed by atoms with Gasteiger partial charge in [-0.1, -0.05) is 13.8 Å². The highest BCUT2D eigenvalue weighted by molar-refractivity contribution is 5.85. The fourth-order valence-corrected chi connectivity index (χ4v) is 1.45. The summed E-state index contributed by atoms with van der Waals surface area (Å²) in [6.07, 6.45) is 1.44. The third-order valence-electron chi connectivity index (χ3n) is 2.52. The molecule has 0 aromatic carbocycles. The summed E-state index contributed by atoms with van der Waals surface area (Å²) < 4.78 is 5.49. The SMILES string of the molecule is CCN(CC)CCOc1ccnc(C(=O)O)c1. The number of aromatic carboxylic acids is 1. The number of likely N-dealkylation sites (N-methyl/N-ethyl adjacent to an activating group) is 1. The number of carboxylic acid groups (broad SMARTS) is 1. The summed E-state index contributed by atoms with van der Waals surface area (Å²) in [6, 6.07) is 3.10. The molecule has 1 aromatic rings. The number of carbonyl (C=O) groups is 1. The second kappa shape index (κ2) is 6.85. The molecule has 1 rings (SSSR count). The van der Waals surface area contributed by atoms with Gasteiger partial charge in [0.2, 0.25) is 0 Å². The molecule has 0 spiro atoms. The van der Waals surface area contributed by atoms with Crippen LogP contribution in [0.5, 0.6) is 5.75 Å². The first-order valence-electron chi connectivity index (χ1n) is 5.71. The standard InChI is InChI=1S/C12H18N2O3/c1-3-14(4-2)7-8-17-10-5-6-13-11(9-10)12(15)16/h5-6,9H,3-4,7-8H2,1-2H3,(H,15,16). The van der Waals surface area contributed by atoms with E-state index in [-0.39, 0.29) is 5.69 Å². The van der Waals surface area contributed by atoms with Crippen LogP contribution in [0, 0.1) is 0 Å². The Morgan fingerprint density at radius 1 is 1.47 bits per heavy atom. The smallest absolute Gasteiger partial charge is 0.354 e. The van der Waals surface area contributed by atoms with E-state index < -0.39 is 5.97 Å². The fraction of sp³-hybridized carbons (Fsp3) is 0.500. The highest BCUT2D eigenvalue weighted by Gasteiger charge is 2.06. The van der Waals surface area contributed by atoms with Crippen LogP contribution in [0.1, 0.15) is 24.3 Å². The van der Waals surface area contributed by atoms with Gasteiger partial charge in [-0.2, -0.15) is 0 Å². The van der Waals surface area contributed by atoms with E-state index in [1.165, 1.54) is 12.3 Å². The van der Waals surface area contributed by atoms with Crippen LogP contribution in [0.25, 0.3) is 0 Å². The lowest BCUT2D eigenvalue weighted by atomic mass is 10.3. The molecule has 0 saturated carbocycles. The fourth-order valence-electron chi connectivity index (χ4n) is 1.45. The maximum Gasteiger partial charge on any atom is 0.354 e. The quantitative estimate of drug-likeness (QED) is 0.780. The number of pyridine rings is 1. The van der Waals surface area contributed by atoms with Gasteiger partial charge in [-0.25, -0.2) is 9.78 Å². The van der Waals surface area contributed by atoms with Crippen molar-refractivity contribution in [3.05, 3.63) is 24.0 Å². The minimum atomic E-state index is -1.04. The number of ether oxygens (including phenoxy) is 1. The van der Waals surface area contributed by atoms with Gasteiger partial charge in [0, 0.05) is 18.8 Å². The van der Waals surface area contributed by atoms with Crippen LogP contribution in [0.15, 0.2) is 18.3 Å². The lowest BCUT2D eigenvalue weighted by Crippen LogP contribution is -2.27. The maximum atomic E-state index is 10.7. The van der Waals surface area contributed by atoms with Crippen LogP contribution in [0.2, 0.25) is 0 Å². The zero-order chi connectivity index (χ0) is 12.7. The van der Waals surface area contributed by atoms with E-state index in [0.717, 1.165) is 19.6 Å². The monoisotopic (exact) mass is 238 g/mol. The molecule has 0 aliphatic carbocycles. The molecule has 17 heavy (non-hydrogen) atoms. The second-order valence-corrected chi connectivity index (χ2v) is 3.56. The third kappa shape index (κ3) is 4.40. The Morgan fingerprint density at radius 3 is 2.76 bits per heavy atom. The molecule has 0 amide bonds. The van der Waals surface area contributed by atoms with Gasteiger partial charge in [-0.15, -0.1) is 0 Å². The molecule has 0 atom stereocenters. The molecule has 1 N–H and O–H groups in total. The first-order chi connectivity index (χ1) is 8.17. The van der Waals surface area contributed by atoms with Crippen molar-refractivity contribution in [1.29, 1.82) is 0 Å². The predicted octanol–water partition coefficient (Wildman–Crippen LogP) is 1.50. The molecule has 5 heteroatoms. The van der Waals surface area contributed by atoms with Gasteiger partial charge < -0.3 is 14.7 Å². The third-order valence-corrected chi connectivity index (χ3v) is 2.52. The van der Waals surface area contributed by atoms with Crippen molar-refractivity contribution in [3.63, 3.8) is 0 Å². The highest BCUT2D eigenvalue weighted by atomic mass is 16.5. The minimum Gasteiger partial charge on any atom is -0.492 e. The minimum absolute atomic E-state index is 0.00494. The van der Waals surface area contributed by atoms with Gasteiger partial charge >= 0.3 is 5.97 Å². The molecular weight excluding hydrogens is 220 g/mol. The topological polar surface area (TPSA) is 62.7 Å². The van der Waals surface area contributed by atoms with Crippen LogP contribution in [-0.4, -0.2) is 47.2 Å². The van der Waals surface area contributed by atoms with Gasteiger partial charge in [-0.05, 0) is 19.2 Å². The summed E-state index contributed by atoms with van der Waals surface area (Å²) >= 11 is 0. The summed E-state index contributed by atoms with van der Waals surface area (Å²) in [6.45, 7) is 7.53. The molecule has 0 aliphatic heterocycles. The van der Waals surface area contributed by atoms with E-state index in [1.54, 1.807) is 6.07 Å². The average Bonchev–Trinajstić information content (AvgIpc) is 2.35. The lowest BCUT2D eigenvalue weighted by Gasteiger charge is -2.17. The number of carboxylic acids is 1. The van der Waals surface area contributed by atoms with Crippen molar-refractivity contribution < 1.29 is 14.6 Å². The molecule has 0 fully saturated rings. The molecule has 5 nitrogen and oxygen atoms in total. The molecule has 0 aliphatic rings. The molecule has 94 valence electrons. The maximum absolute atomic E-state index is 10.7.